The number of nitrogen functional groups attached to an aromatic ring is 2. The standard InChI is InChI=1S/C14H15FN2O/c15-12-9-11(5-6-14(12)17)18-8-7-10-3-1-2-4-13(10)16/h1-6,9H,7-8,16-17H2. The molecule has 0 fully saturated rings. The summed E-state index contributed by atoms with van der Waals surface area (Å²) in [7, 11) is 0. The molecule has 0 aliphatic heterocycles. The van der Waals surface area contributed by atoms with E-state index in [-0.39, 0.29) is 5.69 Å². The van der Waals surface area contributed by atoms with E-state index in [2.05, 4.69) is 0 Å². The lowest BCUT2D eigenvalue weighted by atomic mass is 10.1. The molecule has 2 rings (SSSR count). The van der Waals surface area contributed by atoms with Gasteiger partial charge in [-0.15, -0.1) is 0 Å². The smallest absolute Gasteiger partial charge is 0.149 e. The van der Waals surface area contributed by atoms with Gasteiger partial charge < -0.3 is 16.2 Å². The Morgan fingerprint density at radius 1 is 1.00 bits per heavy atom. The molecule has 0 radical (unpaired) electrons. The third kappa shape index (κ3) is 2.91. The maximum Gasteiger partial charge on any atom is 0.149 e. The molecule has 0 aromatic heterocycles. The van der Waals surface area contributed by atoms with Gasteiger partial charge in [-0.25, -0.2) is 4.39 Å². The van der Waals surface area contributed by atoms with Gasteiger partial charge in [-0.05, 0) is 23.8 Å². The van der Waals surface area contributed by atoms with Crippen LogP contribution < -0.4 is 16.2 Å². The fraction of sp³-hybridized carbons (Fsp3) is 0.143. The van der Waals surface area contributed by atoms with Crippen molar-refractivity contribution in [3.63, 3.8) is 0 Å². The lowest BCUT2D eigenvalue weighted by Crippen LogP contribution is -2.04. The van der Waals surface area contributed by atoms with Gasteiger partial charge in [-0.2, -0.15) is 0 Å². The monoisotopic (exact) mass is 246 g/mol. The van der Waals surface area contributed by atoms with Crippen molar-refractivity contribution in [1.29, 1.82) is 0 Å². The first-order chi connectivity index (χ1) is 8.66. The Hall–Kier alpha value is -2.23. The van der Waals surface area contributed by atoms with Gasteiger partial charge in [0.15, 0.2) is 0 Å². The van der Waals surface area contributed by atoms with E-state index in [4.69, 9.17) is 16.2 Å². The normalized spacial score (nSPS) is 10.3. The van der Waals surface area contributed by atoms with Crippen LogP contribution in [0, 0.1) is 5.82 Å². The van der Waals surface area contributed by atoms with Gasteiger partial charge in [-0.3, -0.25) is 0 Å². The van der Waals surface area contributed by atoms with E-state index >= 15 is 0 Å². The maximum absolute atomic E-state index is 13.2. The van der Waals surface area contributed by atoms with Crippen molar-refractivity contribution in [3.05, 3.63) is 53.8 Å². The Bertz CT molecular complexity index is 543. The van der Waals surface area contributed by atoms with Crippen LogP contribution in [-0.2, 0) is 6.42 Å². The number of hydrogen-bond donors (Lipinski definition) is 2. The average molecular weight is 246 g/mol. The summed E-state index contributed by atoms with van der Waals surface area (Å²) in [4.78, 5) is 0. The molecular formula is C14H15FN2O. The van der Waals surface area contributed by atoms with Gasteiger partial charge in [0, 0.05) is 18.2 Å². The predicted molar refractivity (Wildman–Crippen MR) is 70.9 cm³/mol. The molecule has 0 spiro atoms. The second kappa shape index (κ2) is 5.40. The molecule has 4 heteroatoms. The molecule has 0 aliphatic carbocycles. The van der Waals surface area contributed by atoms with Crippen molar-refractivity contribution in [2.75, 3.05) is 18.1 Å². The number of hydrogen-bond acceptors (Lipinski definition) is 3. The van der Waals surface area contributed by atoms with Crippen LogP contribution in [0.4, 0.5) is 15.8 Å². The number of anilines is 2. The van der Waals surface area contributed by atoms with E-state index in [0.29, 0.717) is 18.8 Å². The summed E-state index contributed by atoms with van der Waals surface area (Å²) in [5, 5.41) is 0. The summed E-state index contributed by atoms with van der Waals surface area (Å²) in [6, 6.07) is 12.0. The molecule has 3 nitrogen and oxygen atoms in total. The van der Waals surface area contributed by atoms with Gasteiger partial charge in [0.25, 0.3) is 0 Å². The molecule has 0 bridgehead atoms. The maximum atomic E-state index is 13.2. The summed E-state index contributed by atoms with van der Waals surface area (Å²) in [5.74, 6) is 0.00271. The highest BCUT2D eigenvalue weighted by Gasteiger charge is 2.02. The molecule has 0 unspecified atom stereocenters. The number of ether oxygens (including phenoxy) is 1. The zero-order valence-electron chi connectivity index (χ0n) is 9.90. The highest BCUT2D eigenvalue weighted by Crippen LogP contribution is 2.18. The molecule has 0 aliphatic rings. The van der Waals surface area contributed by atoms with Crippen molar-refractivity contribution < 1.29 is 9.13 Å². The fourth-order valence-corrected chi connectivity index (χ4v) is 1.64. The van der Waals surface area contributed by atoms with Crippen LogP contribution in [0.15, 0.2) is 42.5 Å². The number of halogens is 1. The summed E-state index contributed by atoms with van der Waals surface area (Å²) in [6.45, 7) is 0.442. The van der Waals surface area contributed by atoms with Gasteiger partial charge in [0.2, 0.25) is 0 Å². The third-order valence-electron chi connectivity index (χ3n) is 2.67. The van der Waals surface area contributed by atoms with E-state index in [0.717, 1.165) is 11.3 Å². The zero-order chi connectivity index (χ0) is 13.0. The second-order valence-electron chi connectivity index (χ2n) is 3.98. The Labute approximate surface area is 105 Å². The largest absolute Gasteiger partial charge is 0.493 e. The minimum Gasteiger partial charge on any atom is -0.493 e. The first kappa shape index (κ1) is 12.2. The SMILES string of the molecule is Nc1ccc(OCCc2ccccc2N)cc1F. The molecule has 2 aromatic carbocycles. The molecule has 0 heterocycles. The van der Waals surface area contributed by atoms with Crippen LogP contribution in [0.5, 0.6) is 5.75 Å². The zero-order valence-corrected chi connectivity index (χ0v) is 9.90. The van der Waals surface area contributed by atoms with E-state index in [1.54, 1.807) is 6.07 Å². The Morgan fingerprint density at radius 3 is 2.50 bits per heavy atom. The van der Waals surface area contributed by atoms with E-state index in [1.165, 1.54) is 12.1 Å². The minimum atomic E-state index is -0.466. The predicted octanol–water partition coefficient (Wildman–Crippen LogP) is 2.61. The number of benzene rings is 2. The molecular weight excluding hydrogens is 231 g/mol. The second-order valence-corrected chi connectivity index (χ2v) is 3.98. The van der Waals surface area contributed by atoms with Gasteiger partial charge in [-0.1, -0.05) is 18.2 Å². The highest BCUT2D eigenvalue weighted by atomic mass is 19.1. The van der Waals surface area contributed by atoms with Crippen molar-refractivity contribution in [2.45, 2.75) is 6.42 Å². The first-order valence-corrected chi connectivity index (χ1v) is 5.68. The number of nitrogens with two attached hydrogens (primary N) is 2. The van der Waals surface area contributed by atoms with Crippen molar-refractivity contribution in [1.82, 2.24) is 0 Å². The average Bonchev–Trinajstić information content (AvgIpc) is 2.36. The van der Waals surface area contributed by atoms with Gasteiger partial charge >= 0.3 is 0 Å². The summed E-state index contributed by atoms with van der Waals surface area (Å²) in [6.07, 6.45) is 0.679. The molecule has 2 aromatic rings. The molecule has 0 atom stereocenters. The molecule has 0 saturated heterocycles. The van der Waals surface area contributed by atoms with Crippen LogP contribution in [0.3, 0.4) is 0 Å². The van der Waals surface area contributed by atoms with Crippen LogP contribution in [0.25, 0.3) is 0 Å². The van der Waals surface area contributed by atoms with Crippen molar-refractivity contribution in [3.8, 4) is 5.75 Å². The van der Waals surface area contributed by atoms with E-state index < -0.39 is 5.82 Å². The lowest BCUT2D eigenvalue weighted by molar-refractivity contribution is 0.320. The van der Waals surface area contributed by atoms with Crippen LogP contribution in [-0.4, -0.2) is 6.61 Å². The Kier molecular flexibility index (Phi) is 3.67. The Morgan fingerprint density at radius 2 is 1.78 bits per heavy atom. The summed E-state index contributed by atoms with van der Waals surface area (Å²) >= 11 is 0. The quantitative estimate of drug-likeness (QED) is 0.815. The summed E-state index contributed by atoms with van der Waals surface area (Å²) < 4.78 is 18.6. The minimum absolute atomic E-state index is 0.120. The summed E-state index contributed by atoms with van der Waals surface area (Å²) in [5.41, 5.74) is 13.1. The Balaban J connectivity index is 1.92. The first-order valence-electron chi connectivity index (χ1n) is 5.68. The van der Waals surface area contributed by atoms with Gasteiger partial charge in [0.05, 0.1) is 12.3 Å². The van der Waals surface area contributed by atoms with Crippen LogP contribution >= 0.6 is 0 Å². The number of rotatable bonds is 4. The molecule has 0 amide bonds. The fourth-order valence-electron chi connectivity index (χ4n) is 1.64. The topological polar surface area (TPSA) is 61.3 Å². The lowest BCUT2D eigenvalue weighted by Gasteiger charge is -2.08. The molecule has 94 valence electrons. The van der Waals surface area contributed by atoms with Crippen LogP contribution in [0.1, 0.15) is 5.56 Å². The molecule has 4 N–H and O–H groups in total. The third-order valence-corrected chi connectivity index (χ3v) is 2.67. The van der Waals surface area contributed by atoms with E-state index in [1.807, 2.05) is 24.3 Å². The van der Waals surface area contributed by atoms with E-state index in [9.17, 15) is 4.39 Å². The van der Waals surface area contributed by atoms with Crippen molar-refractivity contribution >= 4 is 11.4 Å². The molecule has 18 heavy (non-hydrogen) atoms. The molecule has 0 saturated carbocycles. The highest BCUT2D eigenvalue weighted by molar-refractivity contribution is 5.46. The van der Waals surface area contributed by atoms with Gasteiger partial charge in [0.1, 0.15) is 11.6 Å². The van der Waals surface area contributed by atoms with Crippen LogP contribution in [0.2, 0.25) is 0 Å². The number of para-hydroxylation sites is 1. The van der Waals surface area contributed by atoms with Crippen molar-refractivity contribution in [2.24, 2.45) is 0 Å².